The van der Waals surface area contributed by atoms with Gasteiger partial charge < -0.3 is 39.9 Å². The lowest BCUT2D eigenvalue weighted by Crippen LogP contribution is -2.37. The molecule has 0 radical (unpaired) electrons. The maximum atomic E-state index is 8.58. The SMILES string of the molecule is C1CCC2OCCOCCOC3CCCCC3OCCOCCOC2C1.NC=O.NC=O. The van der Waals surface area contributed by atoms with Crippen LogP contribution in [0.25, 0.3) is 0 Å². The van der Waals surface area contributed by atoms with E-state index in [1.165, 1.54) is 25.7 Å². The fourth-order valence-corrected chi connectivity index (χ4v) is 4.13. The summed E-state index contributed by atoms with van der Waals surface area (Å²) in [6.07, 6.45) is 10.4. The van der Waals surface area contributed by atoms with Crippen LogP contribution in [0.1, 0.15) is 51.4 Å². The highest BCUT2D eigenvalue weighted by Gasteiger charge is 2.27. The average Bonchev–Trinajstić information content (AvgIpc) is 2.80. The van der Waals surface area contributed by atoms with Crippen LogP contribution < -0.4 is 11.5 Å². The van der Waals surface area contributed by atoms with E-state index in [4.69, 9.17) is 38.0 Å². The van der Waals surface area contributed by atoms with Crippen molar-refractivity contribution in [3.05, 3.63) is 0 Å². The van der Waals surface area contributed by atoms with Gasteiger partial charge in [-0.3, -0.25) is 9.59 Å². The van der Waals surface area contributed by atoms with Crippen LogP contribution >= 0.6 is 0 Å². The van der Waals surface area contributed by atoms with Crippen molar-refractivity contribution in [3.8, 4) is 0 Å². The lowest BCUT2D eigenvalue weighted by Gasteiger charge is -2.32. The van der Waals surface area contributed by atoms with Crippen LogP contribution in [0.2, 0.25) is 0 Å². The largest absolute Gasteiger partial charge is 0.377 e. The van der Waals surface area contributed by atoms with Gasteiger partial charge in [-0.05, 0) is 25.7 Å². The average molecular weight is 463 g/mol. The van der Waals surface area contributed by atoms with Crippen LogP contribution in [0.4, 0.5) is 0 Å². The summed E-state index contributed by atoms with van der Waals surface area (Å²) < 4.78 is 35.5. The molecule has 1 heterocycles. The fraction of sp³-hybridized carbons (Fsp3) is 0.909. The Morgan fingerprint density at radius 3 is 0.906 bits per heavy atom. The Labute approximate surface area is 191 Å². The van der Waals surface area contributed by atoms with E-state index in [0.29, 0.717) is 52.9 Å². The zero-order chi connectivity index (χ0) is 23.3. The van der Waals surface area contributed by atoms with Crippen molar-refractivity contribution in [2.24, 2.45) is 11.5 Å². The molecule has 0 aromatic heterocycles. The van der Waals surface area contributed by atoms with E-state index in [2.05, 4.69) is 11.5 Å². The highest BCUT2D eigenvalue weighted by atomic mass is 16.6. The summed E-state index contributed by atoms with van der Waals surface area (Å²) >= 11 is 0. The molecule has 0 aromatic carbocycles. The summed E-state index contributed by atoms with van der Waals surface area (Å²) in [5.74, 6) is 0. The number of ether oxygens (including phenoxy) is 6. The topological polar surface area (TPSA) is 142 Å². The number of primary amides is 2. The van der Waals surface area contributed by atoms with E-state index in [-0.39, 0.29) is 37.2 Å². The molecule has 32 heavy (non-hydrogen) atoms. The summed E-state index contributed by atoms with van der Waals surface area (Å²) in [7, 11) is 0. The highest BCUT2D eigenvalue weighted by molar-refractivity contribution is 5.42. The van der Waals surface area contributed by atoms with Crippen LogP contribution in [-0.2, 0) is 38.0 Å². The minimum absolute atomic E-state index is 0.189. The number of carbonyl (C=O) groups excluding carboxylic acids is 2. The summed E-state index contributed by atoms with van der Waals surface area (Å²) in [6, 6.07) is 0. The minimum atomic E-state index is 0.189. The number of carbonyl (C=O) groups is 2. The zero-order valence-corrected chi connectivity index (χ0v) is 19.2. The van der Waals surface area contributed by atoms with Crippen molar-refractivity contribution >= 4 is 12.8 Å². The summed E-state index contributed by atoms with van der Waals surface area (Å²) in [5, 5.41) is 0. The molecule has 0 spiro atoms. The Morgan fingerprint density at radius 2 is 0.688 bits per heavy atom. The Hall–Kier alpha value is -1.30. The Balaban J connectivity index is 0.000000769. The zero-order valence-electron chi connectivity index (χ0n) is 19.2. The van der Waals surface area contributed by atoms with Gasteiger partial charge in [0.25, 0.3) is 0 Å². The second-order valence-corrected chi connectivity index (χ2v) is 7.70. The molecule has 0 aromatic rings. The van der Waals surface area contributed by atoms with Crippen molar-refractivity contribution in [2.75, 3.05) is 52.9 Å². The fourth-order valence-electron chi connectivity index (χ4n) is 4.13. The van der Waals surface area contributed by atoms with Crippen LogP contribution in [0.5, 0.6) is 0 Å². The van der Waals surface area contributed by atoms with Gasteiger partial charge in [-0.2, -0.15) is 0 Å². The molecular weight excluding hydrogens is 420 g/mol. The van der Waals surface area contributed by atoms with Gasteiger partial charge in [0.1, 0.15) is 0 Å². The minimum Gasteiger partial charge on any atom is -0.377 e. The lowest BCUT2D eigenvalue weighted by atomic mass is 9.94. The molecule has 3 rings (SSSR count). The molecule has 10 heteroatoms. The van der Waals surface area contributed by atoms with Gasteiger partial charge in [0.05, 0.1) is 77.3 Å². The molecule has 2 amide bonds. The molecule has 10 nitrogen and oxygen atoms in total. The predicted octanol–water partition coefficient (Wildman–Crippen LogP) is 0.925. The van der Waals surface area contributed by atoms with Gasteiger partial charge in [-0.25, -0.2) is 0 Å². The molecule has 2 saturated carbocycles. The standard InChI is InChI=1S/C20H36O6.2CH3NO/c1-2-6-18-17(5-1)23-13-9-21-11-15-25-19-7-3-4-8-20(19)26-16-12-22-10-14-24-18;2*2-1-3/h17-20H,1-16H2;2*1H,(H2,2,3). The van der Waals surface area contributed by atoms with Crippen molar-refractivity contribution in [3.63, 3.8) is 0 Å². The van der Waals surface area contributed by atoms with Crippen LogP contribution in [0, 0.1) is 0 Å². The number of fused-ring (bicyclic) bond motifs is 2. The first-order valence-electron chi connectivity index (χ1n) is 11.7. The van der Waals surface area contributed by atoms with Gasteiger partial charge in [0.2, 0.25) is 12.8 Å². The molecule has 4 unspecified atom stereocenters. The predicted molar refractivity (Wildman–Crippen MR) is 118 cm³/mol. The Kier molecular flexibility index (Phi) is 18.2. The second kappa shape index (κ2) is 20.3. The number of nitrogens with two attached hydrogens (primary N) is 2. The maximum absolute atomic E-state index is 8.58. The molecule has 2 aliphatic carbocycles. The van der Waals surface area contributed by atoms with Gasteiger partial charge in [-0.15, -0.1) is 0 Å². The summed E-state index contributed by atoms with van der Waals surface area (Å²) in [5.41, 5.74) is 8.33. The van der Waals surface area contributed by atoms with E-state index in [1.54, 1.807) is 0 Å². The number of hydrogen-bond donors (Lipinski definition) is 2. The van der Waals surface area contributed by atoms with Gasteiger partial charge in [0, 0.05) is 0 Å². The third-order valence-corrected chi connectivity index (χ3v) is 5.52. The smallest absolute Gasteiger partial charge is 0.204 e. The van der Waals surface area contributed by atoms with Gasteiger partial charge in [-0.1, -0.05) is 25.7 Å². The number of amides is 2. The molecule has 1 aliphatic heterocycles. The van der Waals surface area contributed by atoms with Gasteiger partial charge in [0.15, 0.2) is 0 Å². The van der Waals surface area contributed by atoms with E-state index in [9.17, 15) is 0 Å². The van der Waals surface area contributed by atoms with E-state index in [1.807, 2.05) is 0 Å². The second-order valence-electron chi connectivity index (χ2n) is 7.70. The number of hydrogen-bond acceptors (Lipinski definition) is 8. The maximum Gasteiger partial charge on any atom is 0.204 e. The molecule has 4 atom stereocenters. The first-order valence-corrected chi connectivity index (χ1v) is 11.7. The summed E-state index contributed by atoms with van der Waals surface area (Å²) in [4.78, 5) is 17.2. The van der Waals surface area contributed by atoms with Crippen LogP contribution in [0.3, 0.4) is 0 Å². The van der Waals surface area contributed by atoms with Crippen molar-refractivity contribution in [2.45, 2.75) is 75.8 Å². The molecular formula is C22H42N2O8. The number of rotatable bonds is 0. The van der Waals surface area contributed by atoms with Crippen molar-refractivity contribution < 1.29 is 38.0 Å². The molecule has 3 aliphatic rings. The van der Waals surface area contributed by atoms with Crippen LogP contribution in [0.15, 0.2) is 0 Å². The normalized spacial score (nSPS) is 30.8. The van der Waals surface area contributed by atoms with Crippen molar-refractivity contribution in [1.82, 2.24) is 0 Å². The molecule has 0 bridgehead atoms. The lowest BCUT2D eigenvalue weighted by molar-refractivity contribution is -0.129. The van der Waals surface area contributed by atoms with E-state index < -0.39 is 0 Å². The highest BCUT2D eigenvalue weighted by Crippen LogP contribution is 2.25. The first-order chi connectivity index (χ1) is 15.8. The molecule has 1 saturated heterocycles. The molecule has 4 N–H and O–H groups in total. The first kappa shape index (κ1) is 28.7. The van der Waals surface area contributed by atoms with Gasteiger partial charge >= 0.3 is 0 Å². The summed E-state index contributed by atoms with van der Waals surface area (Å²) in [6.45, 7) is 4.93. The quantitative estimate of drug-likeness (QED) is 0.506. The third kappa shape index (κ3) is 13.3. The monoisotopic (exact) mass is 462 g/mol. The Morgan fingerprint density at radius 1 is 0.469 bits per heavy atom. The van der Waals surface area contributed by atoms with Crippen LogP contribution in [-0.4, -0.2) is 90.1 Å². The molecule has 3 fully saturated rings. The Bertz CT molecular complexity index is 386. The third-order valence-electron chi connectivity index (χ3n) is 5.52. The van der Waals surface area contributed by atoms with E-state index in [0.717, 1.165) is 25.7 Å². The van der Waals surface area contributed by atoms with Crippen molar-refractivity contribution in [1.29, 1.82) is 0 Å². The molecule has 188 valence electrons. The van der Waals surface area contributed by atoms with E-state index >= 15 is 0 Å².